The Hall–Kier alpha value is -0.820. The number of aliphatic hydroxyl groups is 1. The molecule has 1 rings (SSSR count). The number of hydrogen-bond donors (Lipinski definition) is 1. The smallest absolute Gasteiger partial charge is 0.0606 e. The Kier molecular flexibility index (Phi) is 5.54. The maximum Gasteiger partial charge on any atom is 0.0606 e. The van der Waals surface area contributed by atoms with Gasteiger partial charge >= 0.3 is 0 Å². The van der Waals surface area contributed by atoms with Crippen LogP contribution in [0.4, 0.5) is 0 Å². The maximum absolute atomic E-state index is 10.0. The Morgan fingerprint density at radius 1 is 1.06 bits per heavy atom. The quantitative estimate of drug-likeness (QED) is 0.776. The largest absolute Gasteiger partial charge is 0.393 e. The fraction of sp³-hybridized carbons (Fsp3) is 0.600. The monoisotopic (exact) mass is 220 g/mol. The van der Waals surface area contributed by atoms with Crippen LogP contribution < -0.4 is 0 Å². The summed E-state index contributed by atoms with van der Waals surface area (Å²) in [5.41, 5.74) is 2.60. The van der Waals surface area contributed by atoms with Crippen LogP contribution in [0, 0.1) is 5.92 Å². The number of aryl methyl sites for hydroxylation is 1. The second-order valence-electron chi connectivity index (χ2n) is 4.71. The van der Waals surface area contributed by atoms with E-state index in [1.54, 1.807) is 0 Å². The molecule has 1 nitrogen and oxygen atoms in total. The summed E-state index contributed by atoms with van der Waals surface area (Å²) in [6, 6.07) is 8.60. The molecule has 0 saturated carbocycles. The van der Waals surface area contributed by atoms with Gasteiger partial charge < -0.3 is 5.11 Å². The van der Waals surface area contributed by atoms with Crippen molar-refractivity contribution in [2.45, 2.75) is 52.6 Å². The molecule has 1 heteroatoms. The molecule has 1 aromatic rings. The van der Waals surface area contributed by atoms with E-state index in [2.05, 4.69) is 45.0 Å². The predicted molar refractivity (Wildman–Crippen MR) is 69.6 cm³/mol. The van der Waals surface area contributed by atoms with Gasteiger partial charge in [0.25, 0.3) is 0 Å². The van der Waals surface area contributed by atoms with E-state index in [0.717, 1.165) is 25.7 Å². The molecule has 0 aliphatic rings. The molecule has 0 spiro atoms. The van der Waals surface area contributed by atoms with Gasteiger partial charge in [-0.1, -0.05) is 51.5 Å². The van der Waals surface area contributed by atoms with Crippen molar-refractivity contribution in [3.05, 3.63) is 35.4 Å². The molecule has 0 aliphatic carbocycles. The third-order valence-corrected chi connectivity index (χ3v) is 3.28. The summed E-state index contributed by atoms with van der Waals surface area (Å²) in [5, 5.41) is 10.0. The van der Waals surface area contributed by atoms with E-state index < -0.39 is 0 Å². The Labute approximate surface area is 99.5 Å². The van der Waals surface area contributed by atoms with Crippen molar-refractivity contribution in [2.24, 2.45) is 5.92 Å². The van der Waals surface area contributed by atoms with E-state index in [9.17, 15) is 5.11 Å². The molecule has 1 N–H and O–H groups in total. The van der Waals surface area contributed by atoms with Crippen LogP contribution in [0.15, 0.2) is 24.3 Å². The molecule has 0 heterocycles. The van der Waals surface area contributed by atoms with Gasteiger partial charge in [-0.05, 0) is 36.3 Å². The molecule has 0 fully saturated rings. The summed E-state index contributed by atoms with van der Waals surface area (Å²) < 4.78 is 0. The molecule has 0 radical (unpaired) electrons. The summed E-state index contributed by atoms with van der Waals surface area (Å²) in [4.78, 5) is 0. The van der Waals surface area contributed by atoms with Gasteiger partial charge in [0.1, 0.15) is 0 Å². The minimum Gasteiger partial charge on any atom is -0.393 e. The van der Waals surface area contributed by atoms with Crippen LogP contribution in [0.3, 0.4) is 0 Å². The van der Waals surface area contributed by atoms with Crippen molar-refractivity contribution < 1.29 is 5.11 Å². The first-order valence-electron chi connectivity index (χ1n) is 6.43. The molecule has 0 bridgehead atoms. The van der Waals surface area contributed by atoms with Crippen LogP contribution in [0.5, 0.6) is 0 Å². The number of rotatable bonds is 6. The minimum absolute atomic E-state index is 0.201. The van der Waals surface area contributed by atoms with E-state index in [4.69, 9.17) is 0 Å². The first-order chi connectivity index (χ1) is 7.67. The first kappa shape index (κ1) is 13.2. The molecule has 1 aromatic carbocycles. The van der Waals surface area contributed by atoms with Crippen molar-refractivity contribution >= 4 is 0 Å². The molecule has 90 valence electrons. The highest BCUT2D eigenvalue weighted by atomic mass is 16.3. The maximum atomic E-state index is 10.0. The summed E-state index contributed by atoms with van der Waals surface area (Å²) in [5.74, 6) is 0.399. The minimum atomic E-state index is -0.201. The summed E-state index contributed by atoms with van der Waals surface area (Å²) in [6.07, 6.45) is 3.91. The fourth-order valence-electron chi connectivity index (χ4n) is 2.00. The molecule has 16 heavy (non-hydrogen) atoms. The standard InChI is InChI=1S/C15H24O/c1-4-6-12(3)15(16)11-14-9-7-13(5-2)8-10-14/h7-10,12,15-16H,4-6,11H2,1-3H3. The van der Waals surface area contributed by atoms with Gasteiger partial charge in [0.05, 0.1) is 6.10 Å². The lowest BCUT2D eigenvalue weighted by Crippen LogP contribution is -2.20. The van der Waals surface area contributed by atoms with Gasteiger partial charge in [-0.3, -0.25) is 0 Å². The SMILES string of the molecule is CCCC(C)C(O)Cc1ccc(CC)cc1. The van der Waals surface area contributed by atoms with E-state index in [-0.39, 0.29) is 6.10 Å². The van der Waals surface area contributed by atoms with E-state index in [1.807, 2.05) is 0 Å². The lowest BCUT2D eigenvalue weighted by Gasteiger charge is -2.18. The van der Waals surface area contributed by atoms with Crippen molar-refractivity contribution in [3.8, 4) is 0 Å². The van der Waals surface area contributed by atoms with Gasteiger partial charge in [-0.15, -0.1) is 0 Å². The average molecular weight is 220 g/mol. The highest BCUT2D eigenvalue weighted by Gasteiger charge is 2.13. The van der Waals surface area contributed by atoms with E-state index in [0.29, 0.717) is 5.92 Å². The van der Waals surface area contributed by atoms with Crippen LogP contribution in [-0.2, 0) is 12.8 Å². The average Bonchev–Trinajstić information content (AvgIpc) is 2.30. The first-order valence-corrected chi connectivity index (χ1v) is 6.43. The van der Waals surface area contributed by atoms with Crippen LogP contribution in [0.2, 0.25) is 0 Å². The Morgan fingerprint density at radius 2 is 1.62 bits per heavy atom. The topological polar surface area (TPSA) is 20.2 Å². The normalized spacial score (nSPS) is 14.8. The highest BCUT2D eigenvalue weighted by Crippen LogP contribution is 2.15. The molecule has 0 amide bonds. The third-order valence-electron chi connectivity index (χ3n) is 3.28. The van der Waals surface area contributed by atoms with E-state index in [1.165, 1.54) is 11.1 Å². The van der Waals surface area contributed by atoms with Crippen LogP contribution >= 0.6 is 0 Å². The molecule has 0 saturated heterocycles. The highest BCUT2D eigenvalue weighted by molar-refractivity contribution is 5.23. The number of aliphatic hydroxyl groups excluding tert-OH is 1. The molecular weight excluding hydrogens is 196 g/mol. The summed E-state index contributed by atoms with van der Waals surface area (Å²) >= 11 is 0. The van der Waals surface area contributed by atoms with E-state index >= 15 is 0 Å². The lowest BCUT2D eigenvalue weighted by molar-refractivity contribution is 0.111. The lowest BCUT2D eigenvalue weighted by atomic mass is 9.94. The number of benzene rings is 1. The molecule has 0 aliphatic heterocycles. The zero-order chi connectivity index (χ0) is 12.0. The molecule has 2 atom stereocenters. The second-order valence-corrected chi connectivity index (χ2v) is 4.71. The Balaban J connectivity index is 2.52. The van der Waals surface area contributed by atoms with Gasteiger partial charge in [0, 0.05) is 0 Å². The van der Waals surface area contributed by atoms with Gasteiger partial charge in [-0.2, -0.15) is 0 Å². The molecule has 2 unspecified atom stereocenters. The zero-order valence-corrected chi connectivity index (χ0v) is 10.7. The zero-order valence-electron chi connectivity index (χ0n) is 10.7. The van der Waals surface area contributed by atoms with Crippen molar-refractivity contribution in [3.63, 3.8) is 0 Å². The molecular formula is C15H24O. The van der Waals surface area contributed by atoms with Crippen molar-refractivity contribution in [1.29, 1.82) is 0 Å². The van der Waals surface area contributed by atoms with Crippen LogP contribution in [-0.4, -0.2) is 11.2 Å². The Morgan fingerprint density at radius 3 is 2.12 bits per heavy atom. The van der Waals surface area contributed by atoms with Crippen LogP contribution in [0.25, 0.3) is 0 Å². The van der Waals surface area contributed by atoms with Gasteiger partial charge in [0.2, 0.25) is 0 Å². The third kappa shape index (κ3) is 3.97. The Bertz CT molecular complexity index is 289. The number of hydrogen-bond acceptors (Lipinski definition) is 1. The predicted octanol–water partition coefficient (Wildman–Crippen LogP) is 3.59. The van der Waals surface area contributed by atoms with Gasteiger partial charge in [-0.25, -0.2) is 0 Å². The van der Waals surface area contributed by atoms with Crippen molar-refractivity contribution in [1.82, 2.24) is 0 Å². The summed E-state index contributed by atoms with van der Waals surface area (Å²) in [7, 11) is 0. The summed E-state index contributed by atoms with van der Waals surface area (Å²) in [6.45, 7) is 6.46. The van der Waals surface area contributed by atoms with Crippen molar-refractivity contribution in [2.75, 3.05) is 0 Å². The second kappa shape index (κ2) is 6.70. The van der Waals surface area contributed by atoms with Crippen LogP contribution in [0.1, 0.15) is 44.7 Å². The van der Waals surface area contributed by atoms with Gasteiger partial charge in [0.15, 0.2) is 0 Å². The fourth-order valence-corrected chi connectivity index (χ4v) is 2.00. The molecule has 0 aromatic heterocycles.